The van der Waals surface area contributed by atoms with Crippen LogP contribution in [0.5, 0.6) is 11.5 Å². The maximum atomic E-state index is 12.7. The van der Waals surface area contributed by atoms with Gasteiger partial charge in [0, 0.05) is 23.4 Å². The van der Waals surface area contributed by atoms with E-state index in [4.69, 9.17) is 9.47 Å². The number of aromatic amines is 1. The van der Waals surface area contributed by atoms with Crippen LogP contribution in [0.3, 0.4) is 0 Å². The van der Waals surface area contributed by atoms with Crippen molar-refractivity contribution < 1.29 is 43.2 Å². The fourth-order valence-electron chi connectivity index (χ4n) is 2.61. The number of benzene rings is 1. The molecule has 0 amide bonds. The van der Waals surface area contributed by atoms with E-state index in [0.717, 1.165) is 39.4 Å². The van der Waals surface area contributed by atoms with Crippen molar-refractivity contribution in [1.82, 2.24) is 15.0 Å². The molecule has 0 bridgehead atoms. The number of methoxy groups -OCH3 is 2. The smallest absolute Gasteiger partial charge is 0.497 e. The van der Waals surface area contributed by atoms with E-state index in [2.05, 4.69) is 15.0 Å². The van der Waals surface area contributed by atoms with E-state index >= 15 is 0 Å². The number of nitrogens with zero attached hydrogens (tertiary/aromatic N) is 2. The maximum absolute atomic E-state index is 12.7. The van der Waals surface area contributed by atoms with Gasteiger partial charge in [-0.05, 0) is 26.0 Å². The Morgan fingerprint density at radius 3 is 2.64 bits per heavy atom. The van der Waals surface area contributed by atoms with Crippen molar-refractivity contribution >= 4 is 21.8 Å². The minimum Gasteiger partial charge on any atom is -0.497 e. The Morgan fingerprint density at radius 1 is 1.20 bits per heavy atom. The molecule has 2 heterocycles. The van der Waals surface area contributed by atoms with Crippen LogP contribution in [0.25, 0.3) is 11.0 Å². The van der Waals surface area contributed by atoms with Gasteiger partial charge in [0.05, 0.1) is 47.5 Å². The molecule has 3 rings (SSSR count). The Morgan fingerprint density at radius 2 is 1.96 bits per heavy atom. The molecule has 0 saturated carbocycles. The summed E-state index contributed by atoms with van der Waals surface area (Å²) in [5, 5.41) is 0.430. The first-order valence-corrected chi connectivity index (χ1v) is 8.76. The Hall–Kier alpha value is -1.41. The van der Waals surface area contributed by atoms with Crippen LogP contribution < -0.4 is 39.0 Å². The molecular weight excluding hydrogens is 349 g/mol. The topological polar surface area (TPSA) is 77.1 Å². The predicted molar refractivity (Wildman–Crippen MR) is 93.0 cm³/mol. The average molecular weight is 368 g/mol. The van der Waals surface area contributed by atoms with Crippen LogP contribution in [0.2, 0.25) is 0 Å². The van der Waals surface area contributed by atoms with Crippen molar-refractivity contribution in [2.45, 2.75) is 24.8 Å². The summed E-state index contributed by atoms with van der Waals surface area (Å²) in [4.78, 5) is 11.9. The zero-order valence-corrected chi connectivity index (χ0v) is 17.9. The molecule has 0 fully saturated rings. The molecule has 3 aromatic rings. The van der Waals surface area contributed by atoms with E-state index in [1.165, 1.54) is 0 Å². The van der Waals surface area contributed by atoms with Crippen molar-refractivity contribution in [3.8, 4) is 11.5 Å². The summed E-state index contributed by atoms with van der Waals surface area (Å²) in [5.74, 6) is 1.79. The molecule has 0 radical (unpaired) electrons. The van der Waals surface area contributed by atoms with Gasteiger partial charge in [-0.25, -0.2) is 4.98 Å². The number of nitrogens with one attached hydrogen (secondary N) is 1. The predicted octanol–water partition coefficient (Wildman–Crippen LogP) is -0.0963. The van der Waals surface area contributed by atoms with Crippen LogP contribution in [-0.2, 0) is 16.6 Å². The number of ether oxygens (including phenoxy) is 2. The summed E-state index contributed by atoms with van der Waals surface area (Å²) in [7, 11) is 1.91. The Labute approximate surface area is 171 Å². The number of H-pyrrole nitrogens is 1. The number of imidazole rings is 1. The molecule has 0 aliphatic carbocycles. The molecule has 126 valence electrons. The molecule has 1 N–H and O–H groups in total. The van der Waals surface area contributed by atoms with Crippen LogP contribution in [0, 0.1) is 13.8 Å². The second-order valence-corrected chi connectivity index (χ2v) is 6.83. The summed E-state index contributed by atoms with van der Waals surface area (Å²) in [6, 6.07) is 5.50. The van der Waals surface area contributed by atoms with Gasteiger partial charge in [-0.1, -0.05) is 0 Å². The minimum absolute atomic E-state index is 0. The molecule has 25 heavy (non-hydrogen) atoms. The second kappa shape index (κ2) is 8.31. The van der Waals surface area contributed by atoms with Crippen LogP contribution >= 0.6 is 0 Å². The molecule has 1 atom stereocenters. The zero-order chi connectivity index (χ0) is 17.3. The van der Waals surface area contributed by atoms with E-state index in [1.54, 1.807) is 20.4 Å². The van der Waals surface area contributed by atoms with Crippen LogP contribution in [0.15, 0.2) is 29.6 Å². The largest absolute Gasteiger partial charge is 1.00 e. The molecule has 1 aromatic carbocycles. The van der Waals surface area contributed by atoms with Gasteiger partial charge in [-0.2, -0.15) is 0 Å². The fourth-order valence-corrected chi connectivity index (χ4v) is 3.71. The van der Waals surface area contributed by atoms with Gasteiger partial charge in [-0.3, -0.25) is 9.19 Å². The molecule has 0 saturated heterocycles. The first-order chi connectivity index (χ1) is 11.5. The van der Waals surface area contributed by atoms with Crippen molar-refractivity contribution in [1.29, 1.82) is 0 Å². The van der Waals surface area contributed by atoms with Gasteiger partial charge in [0.15, 0.2) is 5.16 Å². The molecule has 0 spiro atoms. The summed E-state index contributed by atoms with van der Waals surface area (Å²) >= 11 is 0. The number of hydrogen-bond donors (Lipinski definition) is 1. The van der Waals surface area contributed by atoms with E-state index in [9.17, 15) is 4.21 Å². The third kappa shape index (κ3) is 4.06. The fraction of sp³-hybridized carbons (Fsp3) is 0.294. The Kier molecular flexibility index (Phi) is 6.62. The number of fused-ring (bicyclic) bond motifs is 1. The van der Waals surface area contributed by atoms with Crippen LogP contribution in [0.4, 0.5) is 0 Å². The number of rotatable bonds is 5. The van der Waals surface area contributed by atoms with Crippen LogP contribution in [-0.4, -0.2) is 33.4 Å². The quantitative estimate of drug-likeness (QED) is 0.637. The van der Waals surface area contributed by atoms with Gasteiger partial charge in [-0.15, -0.1) is 0 Å². The Balaban J connectivity index is 0.00000225. The van der Waals surface area contributed by atoms with Crippen molar-refractivity contribution in [2.24, 2.45) is 0 Å². The molecule has 2 aromatic heterocycles. The summed E-state index contributed by atoms with van der Waals surface area (Å²) < 4.78 is 23.3. The average Bonchev–Trinajstić information content (AvgIpc) is 3.01. The molecule has 6 nitrogen and oxygen atoms in total. The van der Waals surface area contributed by atoms with E-state index in [1.807, 2.05) is 32.0 Å². The van der Waals surface area contributed by atoms with Gasteiger partial charge in [0.1, 0.15) is 11.5 Å². The number of hydrogen-bond acceptors (Lipinski definition) is 5. The molecule has 0 aliphatic rings. The van der Waals surface area contributed by atoms with E-state index in [0.29, 0.717) is 5.16 Å². The number of aryl methyl sites for hydroxylation is 1. The standard InChI is InChI=1S/C17H19N3O3S.Na/c1-10-8-18-15(11(2)16(10)23-4)9-24(21)17-19-13-6-5-12(22-3)7-14(13)20-17;/h5-8H,9H2,1-4H3,(H,19,20);/q;+1/t24-;/m0./s1. The second-order valence-electron chi connectivity index (χ2n) is 5.46. The summed E-state index contributed by atoms with van der Waals surface area (Å²) in [6.07, 6.45) is 1.74. The SMILES string of the molecule is COc1ccc2nc([S@@](=O)Cc3ncc(C)c(OC)c3C)[nH]c2c1.[Na+]. The molecular formula is C17H19N3NaO3S+. The first kappa shape index (κ1) is 19.9. The third-order valence-corrected chi connectivity index (χ3v) is 5.06. The van der Waals surface area contributed by atoms with E-state index < -0.39 is 10.8 Å². The molecule has 0 unspecified atom stereocenters. The van der Waals surface area contributed by atoms with Crippen LogP contribution in [0.1, 0.15) is 16.8 Å². The monoisotopic (exact) mass is 368 g/mol. The maximum Gasteiger partial charge on any atom is 1.00 e. The third-order valence-electron chi connectivity index (χ3n) is 3.90. The first-order valence-electron chi connectivity index (χ1n) is 7.44. The Bertz CT molecular complexity index is 927. The number of pyridine rings is 1. The van der Waals surface area contributed by atoms with Gasteiger partial charge < -0.3 is 14.5 Å². The normalized spacial score (nSPS) is 11.8. The summed E-state index contributed by atoms with van der Waals surface area (Å²) in [5.41, 5.74) is 4.16. The number of aromatic nitrogens is 3. The van der Waals surface area contributed by atoms with Crippen molar-refractivity contribution in [3.63, 3.8) is 0 Å². The van der Waals surface area contributed by atoms with Gasteiger partial charge in [0.25, 0.3) is 0 Å². The van der Waals surface area contributed by atoms with Crippen molar-refractivity contribution in [3.05, 3.63) is 41.2 Å². The zero-order valence-electron chi connectivity index (χ0n) is 15.0. The minimum atomic E-state index is -1.33. The molecule has 0 aliphatic heterocycles. The molecule has 8 heteroatoms. The van der Waals surface area contributed by atoms with Gasteiger partial charge >= 0.3 is 29.6 Å². The summed E-state index contributed by atoms with van der Waals surface area (Å²) in [6.45, 7) is 3.86. The van der Waals surface area contributed by atoms with Gasteiger partial charge in [0.2, 0.25) is 0 Å². The van der Waals surface area contributed by atoms with Crippen molar-refractivity contribution in [2.75, 3.05) is 14.2 Å². The van der Waals surface area contributed by atoms with E-state index in [-0.39, 0.29) is 35.3 Å².